The van der Waals surface area contributed by atoms with Gasteiger partial charge in [0.15, 0.2) is 11.5 Å². The highest BCUT2D eigenvalue weighted by atomic mass is 32.1. The number of hydrogen-bond donors (Lipinski definition) is 1. The average molecular weight is 363 g/mol. The van der Waals surface area contributed by atoms with Crippen molar-refractivity contribution in [3.05, 3.63) is 28.8 Å². The fourth-order valence-corrected chi connectivity index (χ4v) is 3.59. The lowest BCUT2D eigenvalue weighted by Crippen LogP contribution is -2.01. The molecule has 5 nitrogen and oxygen atoms in total. The van der Waals surface area contributed by atoms with Gasteiger partial charge in [-0.15, -0.1) is 11.3 Å². The Morgan fingerprint density at radius 3 is 2.64 bits per heavy atom. The van der Waals surface area contributed by atoms with E-state index in [0.29, 0.717) is 35.2 Å². The Bertz CT molecular complexity index is 711. The smallest absolute Gasteiger partial charge is 0.347 e. The summed E-state index contributed by atoms with van der Waals surface area (Å²) in [7, 11) is 1.60. The van der Waals surface area contributed by atoms with Crippen molar-refractivity contribution in [1.82, 2.24) is 4.98 Å². The molecular formula is C19H25NO4S. The van der Waals surface area contributed by atoms with Gasteiger partial charge in [-0.2, -0.15) is 0 Å². The summed E-state index contributed by atoms with van der Waals surface area (Å²) < 4.78 is 11.4. The van der Waals surface area contributed by atoms with Gasteiger partial charge >= 0.3 is 5.97 Å². The molecule has 25 heavy (non-hydrogen) atoms. The van der Waals surface area contributed by atoms with Crippen LogP contribution in [0.25, 0.3) is 10.6 Å². The predicted molar refractivity (Wildman–Crippen MR) is 100 cm³/mol. The normalized spacial score (nSPS) is 10.7. The highest BCUT2D eigenvalue weighted by molar-refractivity contribution is 7.17. The van der Waals surface area contributed by atoms with E-state index in [0.717, 1.165) is 18.4 Å². The van der Waals surface area contributed by atoms with E-state index >= 15 is 0 Å². The first-order valence-electron chi connectivity index (χ1n) is 8.65. The van der Waals surface area contributed by atoms with Crippen LogP contribution in [0.15, 0.2) is 18.2 Å². The average Bonchev–Trinajstić information content (AvgIpc) is 3.06. The van der Waals surface area contributed by atoms with Gasteiger partial charge in [0.1, 0.15) is 9.88 Å². The maximum absolute atomic E-state index is 11.4. The molecular weight excluding hydrogens is 338 g/mol. The van der Waals surface area contributed by atoms with Crippen LogP contribution in [-0.2, 0) is 6.42 Å². The number of aryl methyl sites for hydroxylation is 1. The van der Waals surface area contributed by atoms with Crippen LogP contribution < -0.4 is 9.47 Å². The number of ether oxygens (including phenoxy) is 2. The molecule has 1 N–H and O–H groups in total. The molecule has 0 aliphatic heterocycles. The first kappa shape index (κ1) is 19.2. The van der Waals surface area contributed by atoms with Crippen molar-refractivity contribution >= 4 is 17.3 Å². The molecule has 6 heteroatoms. The number of carboxylic acid groups (broad SMARTS) is 1. The van der Waals surface area contributed by atoms with Crippen molar-refractivity contribution in [1.29, 1.82) is 0 Å². The number of thiazole rings is 1. The van der Waals surface area contributed by atoms with E-state index in [2.05, 4.69) is 11.9 Å². The monoisotopic (exact) mass is 363 g/mol. The lowest BCUT2D eigenvalue weighted by molar-refractivity contribution is 0.0701. The van der Waals surface area contributed by atoms with Crippen molar-refractivity contribution < 1.29 is 19.4 Å². The second-order valence-corrected chi connectivity index (χ2v) is 6.70. The Balaban J connectivity index is 2.32. The summed E-state index contributed by atoms with van der Waals surface area (Å²) >= 11 is 1.18. The molecule has 0 amide bonds. The maximum atomic E-state index is 11.4. The molecule has 136 valence electrons. The predicted octanol–water partition coefficient (Wildman–Crippen LogP) is 5.04. The molecule has 2 aromatic rings. The van der Waals surface area contributed by atoms with Crippen LogP contribution in [-0.4, -0.2) is 29.8 Å². The van der Waals surface area contributed by atoms with E-state index in [1.54, 1.807) is 7.11 Å². The Morgan fingerprint density at radius 2 is 2.04 bits per heavy atom. The van der Waals surface area contributed by atoms with Gasteiger partial charge in [0, 0.05) is 0 Å². The standard InChI is InChI=1S/C19H25NO4S/c1-4-6-7-8-12-24-16-13(10-9-11-15(16)23-3)18-20-14(5-2)17(25-18)19(21)22/h9-11H,4-8,12H2,1-3H3,(H,21,22). The molecule has 0 fully saturated rings. The molecule has 0 aliphatic carbocycles. The fraction of sp³-hybridized carbons (Fsp3) is 0.474. The molecule has 0 saturated carbocycles. The summed E-state index contributed by atoms with van der Waals surface area (Å²) in [6, 6.07) is 5.61. The summed E-state index contributed by atoms with van der Waals surface area (Å²) in [4.78, 5) is 16.2. The first-order valence-corrected chi connectivity index (χ1v) is 9.47. The molecule has 0 bridgehead atoms. The van der Waals surface area contributed by atoms with E-state index in [4.69, 9.17) is 9.47 Å². The van der Waals surface area contributed by atoms with Crippen LogP contribution in [0.2, 0.25) is 0 Å². The van der Waals surface area contributed by atoms with Crippen LogP contribution >= 0.6 is 11.3 Å². The van der Waals surface area contributed by atoms with Crippen LogP contribution in [0.4, 0.5) is 0 Å². The second-order valence-electron chi connectivity index (χ2n) is 5.70. The molecule has 2 rings (SSSR count). The number of para-hydroxylation sites is 1. The van der Waals surface area contributed by atoms with Crippen molar-refractivity contribution in [3.8, 4) is 22.1 Å². The van der Waals surface area contributed by atoms with Gasteiger partial charge in [0.25, 0.3) is 0 Å². The summed E-state index contributed by atoms with van der Waals surface area (Å²) in [5, 5.41) is 10.0. The lowest BCUT2D eigenvalue weighted by atomic mass is 10.2. The van der Waals surface area contributed by atoms with Crippen molar-refractivity contribution in [3.63, 3.8) is 0 Å². The summed E-state index contributed by atoms with van der Waals surface area (Å²) in [5.41, 5.74) is 1.38. The third-order valence-corrected chi connectivity index (χ3v) is 5.02. The number of benzene rings is 1. The highest BCUT2D eigenvalue weighted by Gasteiger charge is 2.21. The number of carboxylic acids is 1. The van der Waals surface area contributed by atoms with Crippen LogP contribution in [0.3, 0.4) is 0 Å². The Morgan fingerprint density at radius 1 is 1.24 bits per heavy atom. The molecule has 1 aromatic carbocycles. The van der Waals surface area contributed by atoms with E-state index in [1.165, 1.54) is 24.2 Å². The van der Waals surface area contributed by atoms with Gasteiger partial charge in [-0.25, -0.2) is 9.78 Å². The zero-order chi connectivity index (χ0) is 18.2. The van der Waals surface area contributed by atoms with E-state index in [9.17, 15) is 9.90 Å². The SMILES string of the molecule is CCCCCCOc1c(OC)cccc1-c1nc(CC)c(C(=O)O)s1. The van der Waals surface area contributed by atoms with Gasteiger partial charge in [-0.1, -0.05) is 39.2 Å². The van der Waals surface area contributed by atoms with Crippen molar-refractivity contribution in [2.45, 2.75) is 46.0 Å². The van der Waals surface area contributed by atoms with E-state index < -0.39 is 5.97 Å². The second kappa shape index (κ2) is 9.42. The number of methoxy groups -OCH3 is 1. The minimum atomic E-state index is -0.939. The van der Waals surface area contributed by atoms with Gasteiger partial charge in [0.2, 0.25) is 0 Å². The molecule has 0 unspecified atom stereocenters. The number of aromatic nitrogens is 1. The molecule has 0 atom stereocenters. The topological polar surface area (TPSA) is 68.7 Å². The van der Waals surface area contributed by atoms with Crippen molar-refractivity contribution in [2.24, 2.45) is 0 Å². The highest BCUT2D eigenvalue weighted by Crippen LogP contribution is 2.40. The minimum Gasteiger partial charge on any atom is -0.493 e. The number of unbranched alkanes of at least 4 members (excludes halogenated alkanes) is 3. The Kier molecular flexibility index (Phi) is 7.25. The van der Waals surface area contributed by atoms with Crippen LogP contribution in [0, 0.1) is 0 Å². The largest absolute Gasteiger partial charge is 0.493 e. The van der Waals surface area contributed by atoms with Crippen molar-refractivity contribution in [2.75, 3.05) is 13.7 Å². The van der Waals surface area contributed by atoms with Crippen LogP contribution in [0.1, 0.15) is 54.9 Å². The van der Waals surface area contributed by atoms with Gasteiger partial charge < -0.3 is 14.6 Å². The third-order valence-electron chi connectivity index (χ3n) is 3.90. The molecule has 1 heterocycles. The van der Waals surface area contributed by atoms with Gasteiger partial charge in [-0.3, -0.25) is 0 Å². The number of aromatic carboxylic acids is 1. The Hall–Kier alpha value is -2.08. The van der Waals surface area contributed by atoms with Crippen LogP contribution in [0.5, 0.6) is 11.5 Å². The summed E-state index contributed by atoms with van der Waals surface area (Å²) in [6.45, 7) is 4.68. The first-order chi connectivity index (χ1) is 12.1. The zero-order valence-corrected chi connectivity index (χ0v) is 15.8. The molecule has 1 aromatic heterocycles. The third kappa shape index (κ3) is 4.72. The zero-order valence-electron chi connectivity index (χ0n) is 15.0. The number of hydrogen-bond acceptors (Lipinski definition) is 5. The Labute approximate surface area is 152 Å². The maximum Gasteiger partial charge on any atom is 0.347 e. The number of nitrogens with zero attached hydrogens (tertiary/aromatic N) is 1. The number of rotatable bonds is 10. The van der Waals surface area contributed by atoms with E-state index in [-0.39, 0.29) is 4.88 Å². The molecule has 0 aliphatic rings. The van der Waals surface area contributed by atoms with Gasteiger partial charge in [0.05, 0.1) is 25.0 Å². The molecule has 0 radical (unpaired) electrons. The molecule has 0 saturated heterocycles. The summed E-state index contributed by atoms with van der Waals surface area (Å²) in [6.07, 6.45) is 5.05. The summed E-state index contributed by atoms with van der Waals surface area (Å²) in [5.74, 6) is 0.332. The van der Waals surface area contributed by atoms with E-state index in [1.807, 2.05) is 25.1 Å². The minimum absolute atomic E-state index is 0.286. The molecule has 0 spiro atoms. The lowest BCUT2D eigenvalue weighted by Gasteiger charge is -2.14. The van der Waals surface area contributed by atoms with Gasteiger partial charge in [-0.05, 0) is 25.0 Å². The quantitative estimate of drug-likeness (QED) is 0.599. The fourth-order valence-electron chi connectivity index (χ4n) is 2.57. The number of carbonyl (C=O) groups is 1.